The molecule has 0 radical (unpaired) electrons. The van der Waals surface area contributed by atoms with Crippen molar-refractivity contribution in [1.29, 1.82) is 0 Å². The molecule has 21 heavy (non-hydrogen) atoms. The van der Waals surface area contributed by atoms with Gasteiger partial charge in [-0.1, -0.05) is 31.5 Å². The molecule has 1 aromatic heterocycles. The first-order valence-corrected chi connectivity index (χ1v) is 7.96. The molecular formula is C18H24N2O. The summed E-state index contributed by atoms with van der Waals surface area (Å²) in [6, 6.07) is 10.4. The van der Waals surface area contributed by atoms with Crippen LogP contribution in [0.4, 0.5) is 0 Å². The van der Waals surface area contributed by atoms with E-state index in [0.29, 0.717) is 6.10 Å². The van der Waals surface area contributed by atoms with Gasteiger partial charge in [-0.3, -0.25) is 0 Å². The van der Waals surface area contributed by atoms with Gasteiger partial charge in [-0.05, 0) is 43.9 Å². The quantitative estimate of drug-likeness (QED) is 0.924. The summed E-state index contributed by atoms with van der Waals surface area (Å²) < 4.78 is 6.18. The molecule has 1 aliphatic carbocycles. The van der Waals surface area contributed by atoms with Crippen LogP contribution in [0, 0.1) is 5.92 Å². The fourth-order valence-electron chi connectivity index (χ4n) is 3.27. The van der Waals surface area contributed by atoms with E-state index in [9.17, 15) is 0 Å². The van der Waals surface area contributed by atoms with Crippen LogP contribution in [0.15, 0.2) is 30.3 Å². The average molecular weight is 284 g/mol. The number of hydrogen-bond donors (Lipinski definition) is 1. The molecule has 1 N–H and O–H groups in total. The van der Waals surface area contributed by atoms with Crippen LogP contribution in [0.1, 0.15) is 38.2 Å². The van der Waals surface area contributed by atoms with Crippen LogP contribution >= 0.6 is 0 Å². The highest BCUT2D eigenvalue weighted by molar-refractivity contribution is 5.82. The summed E-state index contributed by atoms with van der Waals surface area (Å²) in [6.45, 7) is 3.15. The van der Waals surface area contributed by atoms with Crippen molar-refractivity contribution in [1.82, 2.24) is 10.3 Å². The third-order valence-corrected chi connectivity index (χ3v) is 4.32. The Labute approximate surface area is 126 Å². The molecule has 1 fully saturated rings. The van der Waals surface area contributed by atoms with Gasteiger partial charge in [0.05, 0.1) is 5.52 Å². The normalized spacial score (nSPS) is 22.4. The summed E-state index contributed by atoms with van der Waals surface area (Å²) >= 11 is 0. The summed E-state index contributed by atoms with van der Waals surface area (Å²) in [4.78, 5) is 4.69. The van der Waals surface area contributed by atoms with Gasteiger partial charge < -0.3 is 10.1 Å². The molecular weight excluding hydrogens is 260 g/mol. The number of fused-ring (bicyclic) bond motifs is 1. The lowest BCUT2D eigenvalue weighted by molar-refractivity contribution is 0.124. The lowest BCUT2D eigenvalue weighted by Crippen LogP contribution is -2.24. The Kier molecular flexibility index (Phi) is 4.39. The Balaban J connectivity index is 1.87. The number of hydrogen-bond acceptors (Lipinski definition) is 3. The number of para-hydroxylation sites is 1. The van der Waals surface area contributed by atoms with Crippen LogP contribution in [0.2, 0.25) is 0 Å². The molecule has 2 atom stereocenters. The minimum atomic E-state index is 0.324. The molecule has 3 heteroatoms. The van der Waals surface area contributed by atoms with E-state index in [1.807, 2.05) is 13.1 Å². The highest BCUT2D eigenvalue weighted by atomic mass is 16.5. The third-order valence-electron chi connectivity index (χ3n) is 4.32. The monoisotopic (exact) mass is 284 g/mol. The lowest BCUT2D eigenvalue weighted by Gasteiger charge is -2.27. The highest BCUT2D eigenvalue weighted by Gasteiger charge is 2.21. The molecule has 3 rings (SSSR count). The zero-order valence-corrected chi connectivity index (χ0v) is 12.9. The third kappa shape index (κ3) is 3.35. The predicted octanol–water partition coefficient (Wildman–Crippen LogP) is 3.91. The molecule has 1 aromatic carbocycles. The minimum absolute atomic E-state index is 0.324. The first-order valence-electron chi connectivity index (χ1n) is 7.96. The molecule has 0 aliphatic heterocycles. The zero-order valence-electron chi connectivity index (χ0n) is 12.9. The molecule has 1 aliphatic rings. The van der Waals surface area contributed by atoms with Crippen molar-refractivity contribution in [2.24, 2.45) is 5.92 Å². The number of ether oxygens (including phenoxy) is 1. The van der Waals surface area contributed by atoms with Crippen molar-refractivity contribution >= 4 is 10.9 Å². The molecule has 2 aromatic rings. The molecule has 1 heterocycles. The van der Waals surface area contributed by atoms with E-state index < -0.39 is 0 Å². The second-order valence-corrected chi connectivity index (χ2v) is 6.18. The summed E-state index contributed by atoms with van der Waals surface area (Å²) in [5.41, 5.74) is 2.27. The van der Waals surface area contributed by atoms with E-state index in [1.165, 1.54) is 23.8 Å². The maximum atomic E-state index is 6.18. The molecule has 112 valence electrons. The number of nitrogens with one attached hydrogen (secondary N) is 1. The number of pyridine rings is 1. The maximum absolute atomic E-state index is 6.18. The Bertz CT molecular complexity index is 611. The van der Waals surface area contributed by atoms with Crippen molar-refractivity contribution in [2.75, 3.05) is 7.05 Å². The van der Waals surface area contributed by atoms with Gasteiger partial charge in [0.2, 0.25) is 5.88 Å². The van der Waals surface area contributed by atoms with E-state index in [0.717, 1.165) is 36.7 Å². The molecule has 0 saturated heterocycles. The SMILES string of the molecule is CNCc1cc(OC2CCCC(C)C2)nc2ccccc12. The van der Waals surface area contributed by atoms with Crippen LogP contribution < -0.4 is 10.1 Å². The van der Waals surface area contributed by atoms with Gasteiger partial charge in [-0.25, -0.2) is 4.98 Å². The molecule has 2 unspecified atom stereocenters. The van der Waals surface area contributed by atoms with Gasteiger partial charge in [0.15, 0.2) is 0 Å². The van der Waals surface area contributed by atoms with E-state index in [-0.39, 0.29) is 0 Å². The fraction of sp³-hybridized carbons (Fsp3) is 0.500. The molecule has 3 nitrogen and oxygen atoms in total. The van der Waals surface area contributed by atoms with Crippen LogP contribution in [0.3, 0.4) is 0 Å². The Hall–Kier alpha value is -1.61. The van der Waals surface area contributed by atoms with Crippen LogP contribution in [-0.2, 0) is 6.54 Å². The van der Waals surface area contributed by atoms with Gasteiger partial charge in [-0.15, -0.1) is 0 Å². The zero-order chi connectivity index (χ0) is 14.7. The van der Waals surface area contributed by atoms with Crippen molar-refractivity contribution in [3.05, 3.63) is 35.9 Å². The number of benzene rings is 1. The molecule has 1 saturated carbocycles. The number of rotatable bonds is 4. The van der Waals surface area contributed by atoms with Crippen LogP contribution in [0.5, 0.6) is 5.88 Å². The second-order valence-electron chi connectivity index (χ2n) is 6.18. The highest BCUT2D eigenvalue weighted by Crippen LogP contribution is 2.28. The number of nitrogens with zero attached hydrogens (tertiary/aromatic N) is 1. The summed E-state index contributed by atoms with van der Waals surface area (Å²) in [5.74, 6) is 1.54. The van der Waals surface area contributed by atoms with Crippen molar-refractivity contribution in [3.8, 4) is 5.88 Å². The smallest absolute Gasteiger partial charge is 0.214 e. The van der Waals surface area contributed by atoms with E-state index in [1.54, 1.807) is 0 Å². The van der Waals surface area contributed by atoms with E-state index in [2.05, 4.69) is 41.5 Å². The predicted molar refractivity (Wildman–Crippen MR) is 86.6 cm³/mol. The molecule has 0 bridgehead atoms. The van der Waals surface area contributed by atoms with Crippen molar-refractivity contribution in [3.63, 3.8) is 0 Å². The van der Waals surface area contributed by atoms with Gasteiger partial charge in [0, 0.05) is 18.0 Å². The Morgan fingerprint density at radius 2 is 2.14 bits per heavy atom. The van der Waals surface area contributed by atoms with Gasteiger partial charge >= 0.3 is 0 Å². The summed E-state index contributed by atoms with van der Waals surface area (Å²) in [6.07, 6.45) is 5.22. The fourth-order valence-corrected chi connectivity index (χ4v) is 3.27. The standard InChI is InChI=1S/C18H24N2O/c1-13-6-5-7-15(10-13)21-18-11-14(12-19-2)16-8-3-4-9-17(16)20-18/h3-4,8-9,11,13,15,19H,5-7,10,12H2,1-2H3. The number of aromatic nitrogens is 1. The topological polar surface area (TPSA) is 34.1 Å². The van der Waals surface area contributed by atoms with Gasteiger partial charge in [0.25, 0.3) is 0 Å². The molecule has 0 amide bonds. The summed E-state index contributed by atoms with van der Waals surface area (Å²) in [7, 11) is 1.97. The van der Waals surface area contributed by atoms with E-state index >= 15 is 0 Å². The lowest BCUT2D eigenvalue weighted by atomic mass is 9.89. The largest absolute Gasteiger partial charge is 0.474 e. The van der Waals surface area contributed by atoms with Gasteiger partial charge in [-0.2, -0.15) is 0 Å². The molecule has 0 spiro atoms. The first kappa shape index (κ1) is 14.3. The van der Waals surface area contributed by atoms with Crippen molar-refractivity contribution < 1.29 is 4.74 Å². The van der Waals surface area contributed by atoms with E-state index in [4.69, 9.17) is 4.74 Å². The first-order chi connectivity index (χ1) is 10.3. The minimum Gasteiger partial charge on any atom is -0.474 e. The second kappa shape index (κ2) is 6.44. The maximum Gasteiger partial charge on any atom is 0.214 e. The Morgan fingerprint density at radius 3 is 2.95 bits per heavy atom. The van der Waals surface area contributed by atoms with Crippen LogP contribution in [0.25, 0.3) is 10.9 Å². The Morgan fingerprint density at radius 1 is 1.29 bits per heavy atom. The average Bonchev–Trinajstić information content (AvgIpc) is 2.47. The summed E-state index contributed by atoms with van der Waals surface area (Å²) in [5, 5.41) is 4.44. The van der Waals surface area contributed by atoms with Crippen LogP contribution in [-0.4, -0.2) is 18.1 Å². The van der Waals surface area contributed by atoms with Crippen molar-refractivity contribution in [2.45, 2.75) is 45.3 Å². The van der Waals surface area contributed by atoms with Gasteiger partial charge in [0.1, 0.15) is 6.10 Å².